The molecule has 3 heteroatoms. The molecule has 12 heavy (non-hydrogen) atoms. The molecule has 0 saturated carbocycles. The Morgan fingerprint density at radius 3 is 2.75 bits per heavy atom. The summed E-state index contributed by atoms with van der Waals surface area (Å²) < 4.78 is 10.3. The van der Waals surface area contributed by atoms with Crippen molar-refractivity contribution in [2.24, 2.45) is 5.92 Å². The van der Waals surface area contributed by atoms with Gasteiger partial charge < -0.3 is 9.47 Å². The quantitative estimate of drug-likeness (QED) is 0.593. The lowest BCUT2D eigenvalue weighted by atomic mass is 10.1. The molecule has 2 atom stereocenters. The van der Waals surface area contributed by atoms with E-state index in [1.165, 1.54) is 6.08 Å². The van der Waals surface area contributed by atoms with Gasteiger partial charge in [0.05, 0.1) is 6.08 Å². The molecule has 0 aliphatic carbocycles. The standard InChI is InChI=1S/C9H14O3/c1-4-6(2)9-11-7(3)5-8(10)12-9/h5-6,9H,4H2,1-3H3/t6-,9-/m1/s1. The summed E-state index contributed by atoms with van der Waals surface area (Å²) in [5.74, 6) is 0.582. The molecule has 0 aromatic heterocycles. The van der Waals surface area contributed by atoms with Gasteiger partial charge >= 0.3 is 5.97 Å². The lowest BCUT2D eigenvalue weighted by Crippen LogP contribution is -2.30. The molecule has 3 nitrogen and oxygen atoms in total. The zero-order chi connectivity index (χ0) is 9.14. The highest BCUT2D eigenvalue weighted by molar-refractivity contribution is 5.83. The Balaban J connectivity index is 2.61. The first-order valence-corrected chi connectivity index (χ1v) is 4.19. The Hall–Kier alpha value is -0.990. The molecule has 0 bridgehead atoms. The molecule has 1 aliphatic rings. The second-order valence-electron chi connectivity index (χ2n) is 3.06. The summed E-state index contributed by atoms with van der Waals surface area (Å²) in [6.45, 7) is 5.79. The van der Waals surface area contributed by atoms with E-state index in [0.717, 1.165) is 6.42 Å². The number of hydrogen-bond acceptors (Lipinski definition) is 3. The lowest BCUT2D eigenvalue weighted by molar-refractivity contribution is -0.182. The van der Waals surface area contributed by atoms with Gasteiger partial charge in [-0.15, -0.1) is 0 Å². The highest BCUT2D eigenvalue weighted by Gasteiger charge is 2.25. The predicted molar refractivity (Wildman–Crippen MR) is 44.2 cm³/mol. The summed E-state index contributed by atoms with van der Waals surface area (Å²) in [4.78, 5) is 10.9. The highest BCUT2D eigenvalue weighted by atomic mass is 16.7. The van der Waals surface area contributed by atoms with Crippen LogP contribution >= 0.6 is 0 Å². The molecule has 68 valence electrons. The Morgan fingerprint density at radius 2 is 2.25 bits per heavy atom. The van der Waals surface area contributed by atoms with Gasteiger partial charge in [0.1, 0.15) is 5.76 Å². The van der Waals surface area contributed by atoms with E-state index in [0.29, 0.717) is 5.76 Å². The summed E-state index contributed by atoms with van der Waals surface area (Å²) in [6.07, 6.45) is 1.90. The summed E-state index contributed by atoms with van der Waals surface area (Å²) >= 11 is 0. The molecule has 0 N–H and O–H groups in total. The Labute approximate surface area is 72.4 Å². The topological polar surface area (TPSA) is 35.5 Å². The van der Waals surface area contributed by atoms with Crippen molar-refractivity contribution in [2.45, 2.75) is 33.5 Å². The van der Waals surface area contributed by atoms with E-state index in [4.69, 9.17) is 9.47 Å². The maximum Gasteiger partial charge on any atom is 0.337 e. The number of rotatable bonds is 2. The zero-order valence-corrected chi connectivity index (χ0v) is 7.66. The Kier molecular flexibility index (Phi) is 2.74. The highest BCUT2D eigenvalue weighted by Crippen LogP contribution is 2.20. The van der Waals surface area contributed by atoms with Gasteiger partial charge in [0, 0.05) is 5.92 Å². The van der Waals surface area contributed by atoms with E-state index < -0.39 is 6.29 Å². The van der Waals surface area contributed by atoms with Crippen LogP contribution in [0.4, 0.5) is 0 Å². The maximum atomic E-state index is 10.9. The molecular formula is C9H14O3. The van der Waals surface area contributed by atoms with Crippen molar-refractivity contribution in [3.8, 4) is 0 Å². The van der Waals surface area contributed by atoms with Crippen molar-refractivity contribution >= 4 is 5.97 Å². The normalized spacial score (nSPS) is 25.4. The fraction of sp³-hybridized carbons (Fsp3) is 0.667. The molecule has 0 radical (unpaired) electrons. The fourth-order valence-electron chi connectivity index (χ4n) is 0.981. The van der Waals surface area contributed by atoms with Crippen molar-refractivity contribution < 1.29 is 14.3 Å². The first-order valence-electron chi connectivity index (χ1n) is 4.19. The summed E-state index contributed by atoms with van der Waals surface area (Å²) in [5, 5.41) is 0. The van der Waals surface area contributed by atoms with Gasteiger partial charge in [-0.25, -0.2) is 4.79 Å². The molecule has 0 spiro atoms. The van der Waals surface area contributed by atoms with Gasteiger partial charge in [-0.05, 0) is 13.3 Å². The fourth-order valence-corrected chi connectivity index (χ4v) is 0.981. The Bertz CT molecular complexity index is 208. The molecule has 0 aromatic carbocycles. The van der Waals surface area contributed by atoms with Crippen molar-refractivity contribution in [1.82, 2.24) is 0 Å². The van der Waals surface area contributed by atoms with Crippen molar-refractivity contribution in [3.05, 3.63) is 11.8 Å². The van der Waals surface area contributed by atoms with Crippen LogP contribution < -0.4 is 0 Å². The number of cyclic esters (lactones) is 1. The maximum absolute atomic E-state index is 10.9. The molecule has 1 aliphatic heterocycles. The minimum atomic E-state index is -0.396. The average molecular weight is 170 g/mol. The minimum absolute atomic E-state index is 0.248. The summed E-state index contributed by atoms with van der Waals surface area (Å²) in [7, 11) is 0. The molecule has 0 amide bonds. The molecule has 1 rings (SSSR count). The van der Waals surface area contributed by atoms with E-state index in [-0.39, 0.29) is 11.9 Å². The van der Waals surface area contributed by atoms with Crippen molar-refractivity contribution in [1.29, 1.82) is 0 Å². The van der Waals surface area contributed by atoms with Crippen molar-refractivity contribution in [2.75, 3.05) is 0 Å². The van der Waals surface area contributed by atoms with Crippen molar-refractivity contribution in [3.63, 3.8) is 0 Å². The SMILES string of the molecule is CC[C@@H](C)[C@H]1OC(=O)C=C(C)O1. The zero-order valence-electron chi connectivity index (χ0n) is 7.66. The third kappa shape index (κ3) is 2.00. The first-order chi connectivity index (χ1) is 5.63. The van der Waals surface area contributed by atoms with Gasteiger partial charge in [-0.2, -0.15) is 0 Å². The van der Waals surface area contributed by atoms with Crippen LogP contribution in [0.25, 0.3) is 0 Å². The van der Waals surface area contributed by atoms with Gasteiger partial charge in [0.15, 0.2) is 0 Å². The predicted octanol–water partition coefficient (Wildman–Crippen LogP) is 1.84. The lowest BCUT2D eigenvalue weighted by Gasteiger charge is -2.26. The van der Waals surface area contributed by atoms with Crippen LogP contribution in [0.5, 0.6) is 0 Å². The van der Waals surface area contributed by atoms with E-state index in [1.54, 1.807) is 6.92 Å². The van der Waals surface area contributed by atoms with E-state index in [1.807, 2.05) is 13.8 Å². The van der Waals surface area contributed by atoms with Gasteiger partial charge in [0.2, 0.25) is 6.29 Å². The van der Waals surface area contributed by atoms with Crippen LogP contribution in [0, 0.1) is 5.92 Å². The monoisotopic (exact) mass is 170 g/mol. The number of esters is 1. The number of ether oxygens (including phenoxy) is 2. The summed E-state index contributed by atoms with van der Waals surface area (Å²) in [5.41, 5.74) is 0. The molecular weight excluding hydrogens is 156 g/mol. The number of allylic oxidation sites excluding steroid dienone is 1. The summed E-state index contributed by atoms with van der Waals surface area (Å²) in [6, 6.07) is 0. The number of carbonyl (C=O) groups is 1. The molecule has 0 fully saturated rings. The second kappa shape index (κ2) is 3.61. The average Bonchev–Trinajstić information content (AvgIpc) is 2.01. The molecule has 0 saturated heterocycles. The van der Waals surface area contributed by atoms with Gasteiger partial charge in [-0.3, -0.25) is 0 Å². The largest absolute Gasteiger partial charge is 0.459 e. The molecule has 0 unspecified atom stereocenters. The van der Waals surface area contributed by atoms with E-state index in [9.17, 15) is 4.79 Å². The van der Waals surface area contributed by atoms with E-state index in [2.05, 4.69) is 0 Å². The Morgan fingerprint density at radius 1 is 1.58 bits per heavy atom. The third-order valence-corrected chi connectivity index (χ3v) is 1.96. The van der Waals surface area contributed by atoms with E-state index >= 15 is 0 Å². The smallest absolute Gasteiger partial charge is 0.337 e. The van der Waals surface area contributed by atoms with Crippen LogP contribution in [-0.4, -0.2) is 12.3 Å². The number of hydrogen-bond donors (Lipinski definition) is 0. The van der Waals surface area contributed by atoms with Gasteiger partial charge in [-0.1, -0.05) is 13.8 Å². The van der Waals surface area contributed by atoms with Crippen LogP contribution in [0.1, 0.15) is 27.2 Å². The minimum Gasteiger partial charge on any atom is -0.459 e. The molecule has 1 heterocycles. The second-order valence-corrected chi connectivity index (χ2v) is 3.06. The third-order valence-electron chi connectivity index (χ3n) is 1.96. The van der Waals surface area contributed by atoms with Crippen LogP contribution in [-0.2, 0) is 14.3 Å². The van der Waals surface area contributed by atoms with Crippen LogP contribution in [0.2, 0.25) is 0 Å². The molecule has 0 aromatic rings. The first kappa shape index (κ1) is 9.10. The van der Waals surface area contributed by atoms with Crippen LogP contribution in [0.3, 0.4) is 0 Å². The number of carbonyl (C=O) groups excluding carboxylic acids is 1. The van der Waals surface area contributed by atoms with Gasteiger partial charge in [0.25, 0.3) is 0 Å². The van der Waals surface area contributed by atoms with Crippen LogP contribution in [0.15, 0.2) is 11.8 Å².